The van der Waals surface area contributed by atoms with Crippen LogP contribution in [0.4, 0.5) is 0 Å². The Morgan fingerprint density at radius 3 is 2.46 bits per heavy atom. The molecule has 1 aromatic rings. The first-order chi connectivity index (χ1) is 11.5. The number of hydrogen-bond donors (Lipinski definition) is 1. The topological polar surface area (TPSA) is 58.8 Å². The highest BCUT2D eigenvalue weighted by Gasteiger charge is 2.22. The first-order valence-electron chi connectivity index (χ1n) is 9.10. The Morgan fingerprint density at radius 2 is 1.79 bits per heavy atom. The number of ether oxygens (including phenoxy) is 1. The molecule has 0 unspecified atom stereocenters. The molecular weight excluding hydrogens is 302 g/mol. The van der Waals surface area contributed by atoms with Crippen LogP contribution in [0.5, 0.6) is 5.75 Å². The van der Waals surface area contributed by atoms with Crippen molar-refractivity contribution in [3.05, 3.63) is 29.3 Å². The van der Waals surface area contributed by atoms with Crippen LogP contribution in [0.25, 0.3) is 0 Å². The summed E-state index contributed by atoms with van der Waals surface area (Å²) in [5.74, 6) is 7.08. The minimum atomic E-state index is 0.0681. The minimum absolute atomic E-state index is 0.0681. The number of amides is 1. The van der Waals surface area contributed by atoms with Gasteiger partial charge in [-0.05, 0) is 48.9 Å². The van der Waals surface area contributed by atoms with Crippen LogP contribution in [0, 0.1) is 5.92 Å². The summed E-state index contributed by atoms with van der Waals surface area (Å²) >= 11 is 0. The third kappa shape index (κ3) is 4.08. The highest BCUT2D eigenvalue weighted by Crippen LogP contribution is 2.25. The fourth-order valence-corrected chi connectivity index (χ4v) is 3.55. The summed E-state index contributed by atoms with van der Waals surface area (Å²) in [5.41, 5.74) is 2.67. The van der Waals surface area contributed by atoms with Crippen molar-refractivity contribution in [2.75, 3.05) is 26.2 Å². The van der Waals surface area contributed by atoms with Crippen molar-refractivity contribution in [2.45, 2.75) is 45.6 Å². The Bertz CT molecular complexity index is 580. The summed E-state index contributed by atoms with van der Waals surface area (Å²) in [5, 5.41) is 1.86. The van der Waals surface area contributed by atoms with Gasteiger partial charge in [0.15, 0.2) is 0 Å². The third-order valence-corrected chi connectivity index (χ3v) is 5.06. The fraction of sp³-hybridized carbons (Fsp3) is 0.632. The van der Waals surface area contributed by atoms with Crippen molar-refractivity contribution in [1.29, 1.82) is 0 Å². The lowest BCUT2D eigenvalue weighted by Gasteiger charge is -2.29. The van der Waals surface area contributed by atoms with Crippen molar-refractivity contribution in [3.63, 3.8) is 0 Å². The van der Waals surface area contributed by atoms with E-state index >= 15 is 0 Å². The highest BCUT2D eigenvalue weighted by atomic mass is 16.5. The smallest absolute Gasteiger partial charge is 0.225 e. The Balaban J connectivity index is 1.64. The molecule has 0 bridgehead atoms. The number of nitrogens with two attached hydrogens (primary N) is 1. The number of nitrogens with zero attached hydrogens (tertiary/aromatic N) is 2. The van der Waals surface area contributed by atoms with Crippen LogP contribution >= 0.6 is 0 Å². The molecule has 0 aliphatic carbocycles. The fourth-order valence-electron chi connectivity index (χ4n) is 3.55. The van der Waals surface area contributed by atoms with Crippen LogP contribution in [0.2, 0.25) is 0 Å². The number of hydrazine groups is 1. The van der Waals surface area contributed by atoms with Gasteiger partial charge in [-0.1, -0.05) is 19.9 Å². The lowest BCUT2D eigenvalue weighted by atomic mass is 10.0. The zero-order chi connectivity index (χ0) is 17.1. The SMILES string of the molecule is CC(C)C(=O)N1CCc2ccc(OC3CCN(N)CC3)cc2CC1. The number of rotatable bonds is 3. The van der Waals surface area contributed by atoms with E-state index in [4.69, 9.17) is 10.6 Å². The average molecular weight is 331 g/mol. The first kappa shape index (κ1) is 17.2. The maximum atomic E-state index is 12.2. The predicted molar refractivity (Wildman–Crippen MR) is 94.7 cm³/mol. The summed E-state index contributed by atoms with van der Waals surface area (Å²) in [6.45, 7) is 7.35. The lowest BCUT2D eigenvalue weighted by Crippen LogP contribution is -2.42. The molecule has 1 aromatic carbocycles. The largest absolute Gasteiger partial charge is 0.490 e. The lowest BCUT2D eigenvalue weighted by molar-refractivity contribution is -0.134. The number of benzene rings is 1. The van der Waals surface area contributed by atoms with Gasteiger partial charge >= 0.3 is 0 Å². The maximum absolute atomic E-state index is 12.2. The molecule has 1 fully saturated rings. The molecule has 2 aliphatic rings. The van der Waals surface area contributed by atoms with Gasteiger partial charge in [0, 0.05) is 32.1 Å². The van der Waals surface area contributed by atoms with Gasteiger partial charge in [-0.3, -0.25) is 10.6 Å². The summed E-state index contributed by atoms with van der Waals surface area (Å²) in [6.07, 6.45) is 4.05. The van der Waals surface area contributed by atoms with Crippen molar-refractivity contribution >= 4 is 5.91 Å². The van der Waals surface area contributed by atoms with Gasteiger partial charge < -0.3 is 9.64 Å². The molecule has 1 amide bonds. The molecule has 0 radical (unpaired) electrons. The number of piperidine rings is 1. The van der Waals surface area contributed by atoms with Crippen LogP contribution in [-0.4, -0.2) is 48.1 Å². The van der Waals surface area contributed by atoms with E-state index in [9.17, 15) is 4.79 Å². The minimum Gasteiger partial charge on any atom is -0.490 e. The summed E-state index contributed by atoms with van der Waals surface area (Å²) in [4.78, 5) is 14.2. The molecule has 0 atom stereocenters. The van der Waals surface area contributed by atoms with Gasteiger partial charge in [0.05, 0.1) is 0 Å². The van der Waals surface area contributed by atoms with Gasteiger partial charge in [0.2, 0.25) is 5.91 Å². The number of hydrogen-bond acceptors (Lipinski definition) is 4. The van der Waals surface area contributed by atoms with E-state index in [0.29, 0.717) is 0 Å². The van der Waals surface area contributed by atoms with Crippen molar-refractivity contribution in [1.82, 2.24) is 9.91 Å². The Hall–Kier alpha value is -1.59. The molecule has 5 nitrogen and oxygen atoms in total. The van der Waals surface area contributed by atoms with Crippen LogP contribution in [-0.2, 0) is 17.6 Å². The van der Waals surface area contributed by atoms with E-state index in [1.807, 2.05) is 23.8 Å². The highest BCUT2D eigenvalue weighted by molar-refractivity contribution is 5.78. The molecular formula is C19H29N3O2. The molecule has 2 heterocycles. The summed E-state index contributed by atoms with van der Waals surface area (Å²) < 4.78 is 6.16. The van der Waals surface area contributed by atoms with Crippen LogP contribution in [0.1, 0.15) is 37.8 Å². The number of carbonyl (C=O) groups excluding carboxylic acids is 1. The van der Waals surface area contributed by atoms with E-state index in [-0.39, 0.29) is 17.9 Å². The van der Waals surface area contributed by atoms with Gasteiger partial charge in [-0.15, -0.1) is 0 Å². The Kier molecular flexibility index (Phi) is 5.41. The number of fused-ring (bicyclic) bond motifs is 1. The summed E-state index contributed by atoms with van der Waals surface area (Å²) in [6, 6.07) is 6.42. The number of carbonyl (C=O) groups is 1. The molecule has 0 aromatic heterocycles. The van der Waals surface area contributed by atoms with Crippen molar-refractivity contribution in [3.8, 4) is 5.75 Å². The molecule has 2 aliphatic heterocycles. The molecule has 0 saturated carbocycles. The Morgan fingerprint density at radius 1 is 1.12 bits per heavy atom. The quantitative estimate of drug-likeness (QED) is 0.861. The summed E-state index contributed by atoms with van der Waals surface area (Å²) in [7, 11) is 0. The second kappa shape index (κ2) is 7.53. The maximum Gasteiger partial charge on any atom is 0.225 e. The predicted octanol–water partition coefficient (Wildman–Crippen LogP) is 1.99. The first-order valence-corrected chi connectivity index (χ1v) is 9.10. The molecule has 1 saturated heterocycles. The van der Waals surface area contributed by atoms with Gasteiger partial charge in [0.25, 0.3) is 0 Å². The van der Waals surface area contributed by atoms with Crippen molar-refractivity contribution < 1.29 is 9.53 Å². The monoisotopic (exact) mass is 331 g/mol. The van der Waals surface area contributed by atoms with Crippen LogP contribution in [0.15, 0.2) is 18.2 Å². The molecule has 132 valence electrons. The Labute approximate surface area is 144 Å². The van der Waals surface area contributed by atoms with Crippen LogP contribution < -0.4 is 10.6 Å². The zero-order valence-electron chi connectivity index (χ0n) is 14.8. The molecule has 3 rings (SSSR count). The standard InChI is InChI=1S/C19H29N3O2/c1-14(2)19(23)21-9-5-15-3-4-18(13-16(15)6-10-21)24-17-7-11-22(20)12-8-17/h3-4,13-14,17H,5-12,20H2,1-2H3. The van der Waals surface area contributed by atoms with E-state index in [0.717, 1.165) is 57.6 Å². The average Bonchev–Trinajstić information content (AvgIpc) is 2.78. The van der Waals surface area contributed by atoms with E-state index in [2.05, 4.69) is 18.2 Å². The second-order valence-electron chi connectivity index (χ2n) is 7.26. The van der Waals surface area contributed by atoms with Gasteiger partial charge in [-0.2, -0.15) is 0 Å². The third-order valence-electron chi connectivity index (χ3n) is 5.06. The van der Waals surface area contributed by atoms with E-state index in [1.165, 1.54) is 11.1 Å². The van der Waals surface area contributed by atoms with Gasteiger partial charge in [-0.25, -0.2) is 5.01 Å². The van der Waals surface area contributed by atoms with Crippen LogP contribution in [0.3, 0.4) is 0 Å². The van der Waals surface area contributed by atoms with Crippen molar-refractivity contribution in [2.24, 2.45) is 11.8 Å². The normalized spacial score (nSPS) is 19.9. The van der Waals surface area contributed by atoms with E-state index < -0.39 is 0 Å². The second-order valence-corrected chi connectivity index (χ2v) is 7.26. The molecule has 5 heteroatoms. The molecule has 24 heavy (non-hydrogen) atoms. The van der Waals surface area contributed by atoms with Gasteiger partial charge in [0.1, 0.15) is 11.9 Å². The molecule has 2 N–H and O–H groups in total. The van der Waals surface area contributed by atoms with E-state index in [1.54, 1.807) is 0 Å². The molecule has 0 spiro atoms. The zero-order valence-corrected chi connectivity index (χ0v) is 14.8.